The molecule has 2 rings (SSSR count). The maximum atomic E-state index is 13.5. The van der Waals surface area contributed by atoms with Crippen LogP contribution in [0.2, 0.25) is 5.02 Å². The number of hydrogen-bond acceptors (Lipinski definition) is 2. The van der Waals surface area contributed by atoms with E-state index in [1.165, 1.54) is 6.07 Å². The third-order valence-electron chi connectivity index (χ3n) is 3.13. The van der Waals surface area contributed by atoms with Crippen LogP contribution in [0.1, 0.15) is 11.1 Å². The zero-order chi connectivity index (χ0) is 14.4. The van der Waals surface area contributed by atoms with E-state index in [0.29, 0.717) is 30.1 Å². The van der Waals surface area contributed by atoms with Crippen molar-refractivity contribution < 1.29 is 9.13 Å². The maximum absolute atomic E-state index is 13.5. The number of rotatable bonds is 6. The summed E-state index contributed by atoms with van der Waals surface area (Å²) in [5.41, 5.74) is 1.64. The summed E-state index contributed by atoms with van der Waals surface area (Å²) in [6.07, 6.45) is 0.638. The Balaban J connectivity index is 1.89. The predicted molar refractivity (Wildman–Crippen MR) is 79.8 cm³/mol. The topological polar surface area (TPSA) is 21.3 Å². The van der Waals surface area contributed by atoms with Gasteiger partial charge in [-0.25, -0.2) is 4.39 Å². The molecule has 106 valence electrons. The van der Waals surface area contributed by atoms with Crippen LogP contribution in [-0.4, -0.2) is 13.7 Å². The first-order chi connectivity index (χ1) is 9.72. The minimum atomic E-state index is -0.162. The van der Waals surface area contributed by atoms with Crippen LogP contribution in [0.25, 0.3) is 0 Å². The third-order valence-corrected chi connectivity index (χ3v) is 3.48. The number of ether oxygens (including phenoxy) is 1. The lowest BCUT2D eigenvalue weighted by Gasteiger charge is -2.11. The van der Waals surface area contributed by atoms with Gasteiger partial charge in [-0.3, -0.25) is 0 Å². The third kappa shape index (κ3) is 3.71. The molecule has 0 saturated heterocycles. The molecule has 0 spiro atoms. The van der Waals surface area contributed by atoms with Crippen molar-refractivity contribution in [3.8, 4) is 5.75 Å². The molecule has 0 fully saturated rings. The number of benzene rings is 2. The molecule has 0 radical (unpaired) electrons. The van der Waals surface area contributed by atoms with Gasteiger partial charge in [0.25, 0.3) is 0 Å². The molecule has 2 aromatic rings. The average Bonchev–Trinajstić information content (AvgIpc) is 2.46. The van der Waals surface area contributed by atoms with E-state index in [2.05, 4.69) is 5.32 Å². The van der Waals surface area contributed by atoms with Crippen LogP contribution in [0.4, 0.5) is 4.39 Å². The van der Waals surface area contributed by atoms with Crippen molar-refractivity contribution in [3.05, 3.63) is 64.4 Å². The van der Waals surface area contributed by atoms with Gasteiger partial charge >= 0.3 is 0 Å². The van der Waals surface area contributed by atoms with E-state index in [1.54, 1.807) is 19.2 Å². The Morgan fingerprint density at radius 3 is 2.70 bits per heavy atom. The summed E-state index contributed by atoms with van der Waals surface area (Å²) in [5.74, 6) is 0.598. The molecule has 0 atom stereocenters. The molecule has 0 heterocycles. The molecule has 1 N–H and O–H groups in total. The standard InChI is InChI=1S/C16H17ClFNO/c1-20-16-8-4-6-14(17)13(16)11-19-10-9-12-5-2-3-7-15(12)18/h2-8,19H,9-11H2,1H3. The highest BCUT2D eigenvalue weighted by atomic mass is 35.5. The van der Waals surface area contributed by atoms with E-state index in [1.807, 2.05) is 24.3 Å². The van der Waals surface area contributed by atoms with E-state index in [4.69, 9.17) is 16.3 Å². The fraction of sp³-hybridized carbons (Fsp3) is 0.250. The molecule has 0 bridgehead atoms. The Morgan fingerprint density at radius 1 is 1.15 bits per heavy atom. The van der Waals surface area contributed by atoms with Gasteiger partial charge < -0.3 is 10.1 Å². The second-order valence-corrected chi connectivity index (χ2v) is 4.85. The van der Waals surface area contributed by atoms with Crippen molar-refractivity contribution in [2.45, 2.75) is 13.0 Å². The normalized spacial score (nSPS) is 10.6. The van der Waals surface area contributed by atoms with Gasteiger partial charge in [0, 0.05) is 17.1 Å². The van der Waals surface area contributed by atoms with Crippen LogP contribution in [0.3, 0.4) is 0 Å². The van der Waals surface area contributed by atoms with Gasteiger partial charge in [-0.2, -0.15) is 0 Å². The van der Waals surface area contributed by atoms with Crippen LogP contribution in [0.5, 0.6) is 5.75 Å². The lowest BCUT2D eigenvalue weighted by molar-refractivity contribution is 0.408. The van der Waals surface area contributed by atoms with E-state index in [-0.39, 0.29) is 5.82 Å². The first-order valence-electron chi connectivity index (χ1n) is 6.48. The average molecular weight is 294 g/mol. The summed E-state index contributed by atoms with van der Waals surface area (Å²) in [4.78, 5) is 0. The minimum absolute atomic E-state index is 0.162. The van der Waals surface area contributed by atoms with Crippen LogP contribution in [0, 0.1) is 5.82 Å². The van der Waals surface area contributed by atoms with Gasteiger partial charge in [0.15, 0.2) is 0 Å². The molecule has 0 unspecified atom stereocenters. The molecule has 0 amide bonds. The second kappa shape index (κ2) is 7.27. The van der Waals surface area contributed by atoms with Crippen LogP contribution in [-0.2, 0) is 13.0 Å². The summed E-state index contributed by atoms with van der Waals surface area (Å²) in [6, 6.07) is 12.4. The second-order valence-electron chi connectivity index (χ2n) is 4.44. The highest BCUT2D eigenvalue weighted by Gasteiger charge is 2.07. The van der Waals surface area contributed by atoms with Crippen LogP contribution >= 0.6 is 11.6 Å². The SMILES string of the molecule is COc1cccc(Cl)c1CNCCc1ccccc1F. The van der Waals surface area contributed by atoms with Gasteiger partial charge in [-0.15, -0.1) is 0 Å². The molecule has 4 heteroatoms. The van der Waals surface area contributed by atoms with E-state index >= 15 is 0 Å². The largest absolute Gasteiger partial charge is 0.496 e. The van der Waals surface area contributed by atoms with Gasteiger partial charge in [-0.05, 0) is 36.7 Å². The number of nitrogens with one attached hydrogen (secondary N) is 1. The quantitative estimate of drug-likeness (QED) is 0.818. The summed E-state index contributed by atoms with van der Waals surface area (Å²) in [5, 5.41) is 3.93. The van der Waals surface area contributed by atoms with E-state index < -0.39 is 0 Å². The van der Waals surface area contributed by atoms with Crippen molar-refractivity contribution in [1.82, 2.24) is 5.32 Å². The first-order valence-corrected chi connectivity index (χ1v) is 6.85. The van der Waals surface area contributed by atoms with Gasteiger partial charge in [0.2, 0.25) is 0 Å². The molecule has 0 aliphatic rings. The lowest BCUT2D eigenvalue weighted by atomic mass is 10.1. The first kappa shape index (κ1) is 14.8. The Kier molecular flexibility index (Phi) is 5.39. The van der Waals surface area contributed by atoms with Crippen molar-refractivity contribution in [1.29, 1.82) is 0 Å². The summed E-state index contributed by atoms with van der Waals surface area (Å²) in [6.45, 7) is 1.27. The van der Waals surface area contributed by atoms with Crippen molar-refractivity contribution in [2.75, 3.05) is 13.7 Å². The summed E-state index contributed by atoms with van der Waals surface area (Å²) >= 11 is 6.15. The molecule has 0 saturated carbocycles. The summed E-state index contributed by atoms with van der Waals surface area (Å²) in [7, 11) is 1.62. The van der Waals surface area contributed by atoms with Gasteiger partial charge in [-0.1, -0.05) is 35.9 Å². The highest BCUT2D eigenvalue weighted by Crippen LogP contribution is 2.25. The smallest absolute Gasteiger partial charge is 0.126 e. The molecule has 2 nitrogen and oxygen atoms in total. The molecule has 20 heavy (non-hydrogen) atoms. The van der Waals surface area contributed by atoms with Crippen LogP contribution in [0.15, 0.2) is 42.5 Å². The van der Waals surface area contributed by atoms with Gasteiger partial charge in [0.05, 0.1) is 7.11 Å². The number of methoxy groups -OCH3 is 1. The molecular weight excluding hydrogens is 277 g/mol. The molecule has 0 aromatic heterocycles. The molecule has 0 aliphatic carbocycles. The Morgan fingerprint density at radius 2 is 1.95 bits per heavy atom. The molecule has 0 aliphatic heterocycles. The number of hydrogen-bond donors (Lipinski definition) is 1. The Hall–Kier alpha value is -1.58. The fourth-order valence-corrected chi connectivity index (χ4v) is 2.27. The number of halogens is 2. The fourth-order valence-electron chi connectivity index (χ4n) is 2.04. The van der Waals surface area contributed by atoms with Crippen molar-refractivity contribution in [3.63, 3.8) is 0 Å². The minimum Gasteiger partial charge on any atom is -0.496 e. The zero-order valence-electron chi connectivity index (χ0n) is 11.3. The highest BCUT2D eigenvalue weighted by molar-refractivity contribution is 6.31. The van der Waals surface area contributed by atoms with Crippen molar-refractivity contribution >= 4 is 11.6 Å². The lowest BCUT2D eigenvalue weighted by Crippen LogP contribution is -2.17. The zero-order valence-corrected chi connectivity index (χ0v) is 12.1. The van der Waals surface area contributed by atoms with E-state index in [9.17, 15) is 4.39 Å². The van der Waals surface area contributed by atoms with Crippen LogP contribution < -0.4 is 10.1 Å². The molecular formula is C16H17ClFNO. The van der Waals surface area contributed by atoms with Crippen molar-refractivity contribution in [2.24, 2.45) is 0 Å². The summed E-state index contributed by atoms with van der Waals surface area (Å²) < 4.78 is 18.7. The molecule has 2 aromatic carbocycles. The van der Waals surface area contributed by atoms with Gasteiger partial charge in [0.1, 0.15) is 11.6 Å². The Bertz CT molecular complexity index is 574. The maximum Gasteiger partial charge on any atom is 0.126 e. The Labute approximate surface area is 123 Å². The predicted octanol–water partition coefficient (Wildman–Crippen LogP) is 3.82. The monoisotopic (exact) mass is 293 g/mol. The van der Waals surface area contributed by atoms with E-state index in [0.717, 1.165) is 11.3 Å².